The number of halogens is 3. The number of hydrogen-bond donors (Lipinski definition) is 1. The van der Waals surface area contributed by atoms with Crippen LogP contribution in [0.4, 0.5) is 10.1 Å². The van der Waals surface area contributed by atoms with E-state index < -0.39 is 11.7 Å². The van der Waals surface area contributed by atoms with Crippen LogP contribution in [0.25, 0.3) is 11.1 Å². The lowest BCUT2D eigenvalue weighted by Crippen LogP contribution is -2.36. The summed E-state index contributed by atoms with van der Waals surface area (Å²) in [6, 6.07) is 20.5. The third kappa shape index (κ3) is 5.22. The number of nitrogens with one attached hydrogen (secondary N) is 1. The number of amides is 2. The van der Waals surface area contributed by atoms with Crippen molar-refractivity contribution in [3.05, 3.63) is 117 Å². The van der Waals surface area contributed by atoms with Gasteiger partial charge in [-0.15, -0.1) is 0 Å². The zero-order valence-corrected chi connectivity index (χ0v) is 21.2. The van der Waals surface area contributed by atoms with Crippen molar-refractivity contribution in [1.82, 2.24) is 10.3 Å². The standard InChI is InChI=1S/C29H22Cl2FN3O2/c30-23-11-9-20(28(36)34-17-21-6-1-2-13-33-21)16-22(23)18-10-12-26-19(15-18)5-4-14-35(26)29(37)27-24(31)7-3-8-25(27)32/h1-3,6-13,15-16H,4-5,14,17H2,(H,34,36). The van der Waals surface area contributed by atoms with E-state index in [4.69, 9.17) is 23.2 Å². The van der Waals surface area contributed by atoms with E-state index in [1.165, 1.54) is 18.2 Å². The Kier molecular flexibility index (Phi) is 7.22. The maximum atomic E-state index is 14.4. The molecule has 8 heteroatoms. The zero-order chi connectivity index (χ0) is 25.9. The smallest absolute Gasteiger partial charge is 0.262 e. The molecule has 186 valence electrons. The number of aryl methyl sites for hydroxylation is 1. The molecule has 0 saturated carbocycles. The number of carbonyl (C=O) groups excluding carboxylic acids is 2. The molecule has 4 aromatic rings. The molecule has 0 radical (unpaired) electrons. The Morgan fingerprint density at radius 3 is 2.62 bits per heavy atom. The van der Waals surface area contributed by atoms with Gasteiger partial charge in [-0.05, 0) is 78.6 Å². The molecule has 3 aromatic carbocycles. The monoisotopic (exact) mass is 533 g/mol. The lowest BCUT2D eigenvalue weighted by atomic mass is 9.94. The van der Waals surface area contributed by atoms with Crippen LogP contribution in [0, 0.1) is 5.82 Å². The number of pyridine rings is 1. The fourth-order valence-corrected chi connectivity index (χ4v) is 4.95. The van der Waals surface area contributed by atoms with Crippen molar-refractivity contribution in [1.29, 1.82) is 0 Å². The molecular weight excluding hydrogens is 512 g/mol. The van der Waals surface area contributed by atoms with Crippen molar-refractivity contribution >= 4 is 40.7 Å². The summed E-state index contributed by atoms with van der Waals surface area (Å²) in [5.74, 6) is -1.35. The Morgan fingerprint density at radius 1 is 0.973 bits per heavy atom. The van der Waals surface area contributed by atoms with Crippen LogP contribution in [0.15, 0.2) is 79.0 Å². The van der Waals surface area contributed by atoms with Gasteiger partial charge in [-0.3, -0.25) is 14.6 Å². The lowest BCUT2D eigenvalue weighted by Gasteiger charge is -2.30. The van der Waals surface area contributed by atoms with Crippen molar-refractivity contribution in [2.75, 3.05) is 11.4 Å². The molecule has 0 aliphatic carbocycles. The molecule has 2 amide bonds. The first-order valence-corrected chi connectivity index (χ1v) is 12.5. The summed E-state index contributed by atoms with van der Waals surface area (Å²) in [7, 11) is 0. The van der Waals surface area contributed by atoms with E-state index in [1.807, 2.05) is 36.4 Å². The Bertz CT molecular complexity index is 1470. The summed E-state index contributed by atoms with van der Waals surface area (Å²) in [6.07, 6.45) is 3.15. The number of benzene rings is 3. The van der Waals surface area contributed by atoms with Crippen LogP contribution in [0.3, 0.4) is 0 Å². The van der Waals surface area contributed by atoms with Gasteiger partial charge >= 0.3 is 0 Å². The summed E-state index contributed by atoms with van der Waals surface area (Å²) in [5, 5.41) is 3.46. The molecule has 1 aliphatic heterocycles. The first-order valence-electron chi connectivity index (χ1n) is 11.8. The lowest BCUT2D eigenvalue weighted by molar-refractivity contribution is 0.0948. The van der Waals surface area contributed by atoms with E-state index in [9.17, 15) is 14.0 Å². The molecule has 1 aromatic heterocycles. The molecular formula is C29H22Cl2FN3O2. The van der Waals surface area contributed by atoms with Crippen LogP contribution >= 0.6 is 23.2 Å². The van der Waals surface area contributed by atoms with E-state index in [-0.39, 0.29) is 16.5 Å². The van der Waals surface area contributed by atoms with Gasteiger partial charge in [0.05, 0.1) is 22.8 Å². The van der Waals surface area contributed by atoms with Crippen molar-refractivity contribution < 1.29 is 14.0 Å². The fraction of sp³-hybridized carbons (Fsp3) is 0.138. The first kappa shape index (κ1) is 24.9. The molecule has 0 atom stereocenters. The molecule has 1 N–H and O–H groups in total. The average Bonchev–Trinajstić information content (AvgIpc) is 2.91. The second-order valence-electron chi connectivity index (χ2n) is 8.70. The summed E-state index contributed by atoms with van der Waals surface area (Å²) >= 11 is 12.7. The normalized spacial score (nSPS) is 12.7. The number of nitrogens with zero attached hydrogens (tertiary/aromatic N) is 2. The number of aromatic nitrogens is 1. The highest BCUT2D eigenvalue weighted by atomic mass is 35.5. The minimum absolute atomic E-state index is 0.0821. The predicted octanol–water partition coefficient (Wildman–Crippen LogP) is 6.72. The van der Waals surface area contributed by atoms with E-state index in [0.717, 1.165) is 29.7 Å². The minimum atomic E-state index is -0.647. The highest BCUT2D eigenvalue weighted by molar-refractivity contribution is 6.34. The van der Waals surface area contributed by atoms with Gasteiger partial charge in [0.25, 0.3) is 11.8 Å². The van der Waals surface area contributed by atoms with Gasteiger partial charge in [0.2, 0.25) is 0 Å². The van der Waals surface area contributed by atoms with E-state index in [0.29, 0.717) is 34.9 Å². The first-order chi connectivity index (χ1) is 17.9. The highest BCUT2D eigenvalue weighted by Crippen LogP contribution is 2.36. The molecule has 5 rings (SSSR count). The van der Waals surface area contributed by atoms with Crippen LogP contribution < -0.4 is 10.2 Å². The molecule has 0 unspecified atom stereocenters. The Morgan fingerprint density at radius 2 is 1.84 bits per heavy atom. The number of rotatable bonds is 5. The Hall–Kier alpha value is -3.74. The maximum absolute atomic E-state index is 14.4. The Balaban J connectivity index is 1.41. The predicted molar refractivity (Wildman–Crippen MR) is 144 cm³/mol. The van der Waals surface area contributed by atoms with Gasteiger partial charge in [-0.25, -0.2) is 4.39 Å². The third-order valence-electron chi connectivity index (χ3n) is 6.32. The van der Waals surface area contributed by atoms with E-state index in [2.05, 4.69) is 10.3 Å². The fourth-order valence-electron chi connectivity index (χ4n) is 4.48. The van der Waals surface area contributed by atoms with Crippen molar-refractivity contribution in [3.63, 3.8) is 0 Å². The SMILES string of the molecule is O=C(NCc1ccccn1)c1ccc(Cl)c(-c2ccc3c(c2)CCCN3C(=O)c2c(F)cccc2Cl)c1. The van der Waals surface area contributed by atoms with E-state index in [1.54, 1.807) is 29.3 Å². The second-order valence-corrected chi connectivity index (χ2v) is 9.51. The molecule has 1 aliphatic rings. The summed E-state index contributed by atoms with van der Waals surface area (Å²) < 4.78 is 14.4. The van der Waals surface area contributed by atoms with Crippen LogP contribution in [-0.4, -0.2) is 23.3 Å². The molecule has 5 nitrogen and oxygen atoms in total. The van der Waals surface area contributed by atoms with Crippen molar-refractivity contribution in [2.45, 2.75) is 19.4 Å². The van der Waals surface area contributed by atoms with Gasteiger partial charge in [-0.1, -0.05) is 41.4 Å². The summed E-state index contributed by atoms with van der Waals surface area (Å²) in [5.41, 5.74) is 4.27. The quantitative estimate of drug-likeness (QED) is 0.309. The van der Waals surface area contributed by atoms with Gasteiger partial charge in [0.1, 0.15) is 5.82 Å². The van der Waals surface area contributed by atoms with Gasteiger partial charge in [-0.2, -0.15) is 0 Å². The topological polar surface area (TPSA) is 62.3 Å². The largest absolute Gasteiger partial charge is 0.346 e. The molecule has 0 spiro atoms. The number of anilines is 1. The van der Waals surface area contributed by atoms with E-state index >= 15 is 0 Å². The molecule has 0 bridgehead atoms. The summed E-state index contributed by atoms with van der Waals surface area (Å²) in [4.78, 5) is 31.8. The minimum Gasteiger partial charge on any atom is -0.346 e. The zero-order valence-electron chi connectivity index (χ0n) is 19.7. The van der Waals surface area contributed by atoms with Crippen molar-refractivity contribution in [2.24, 2.45) is 0 Å². The third-order valence-corrected chi connectivity index (χ3v) is 6.96. The van der Waals surface area contributed by atoms with Gasteiger partial charge < -0.3 is 10.2 Å². The Labute approximate surface area is 223 Å². The summed E-state index contributed by atoms with van der Waals surface area (Å²) in [6.45, 7) is 0.773. The van der Waals surface area contributed by atoms with Crippen LogP contribution in [0.5, 0.6) is 0 Å². The van der Waals surface area contributed by atoms with Gasteiger partial charge in [0, 0.05) is 34.6 Å². The number of fused-ring (bicyclic) bond motifs is 1. The highest BCUT2D eigenvalue weighted by Gasteiger charge is 2.27. The van der Waals surface area contributed by atoms with Crippen molar-refractivity contribution in [3.8, 4) is 11.1 Å². The van der Waals surface area contributed by atoms with Crippen LogP contribution in [0.2, 0.25) is 10.0 Å². The van der Waals surface area contributed by atoms with Crippen LogP contribution in [-0.2, 0) is 13.0 Å². The molecule has 0 fully saturated rings. The number of hydrogen-bond acceptors (Lipinski definition) is 3. The van der Waals surface area contributed by atoms with Crippen LogP contribution in [0.1, 0.15) is 38.4 Å². The molecule has 0 saturated heterocycles. The average molecular weight is 534 g/mol. The maximum Gasteiger partial charge on any atom is 0.262 e. The molecule has 2 heterocycles. The van der Waals surface area contributed by atoms with Gasteiger partial charge in [0.15, 0.2) is 0 Å². The molecule has 37 heavy (non-hydrogen) atoms. The second kappa shape index (κ2) is 10.7. The number of carbonyl (C=O) groups is 2.